The van der Waals surface area contributed by atoms with Crippen molar-refractivity contribution in [2.24, 2.45) is 5.92 Å². The van der Waals surface area contributed by atoms with Crippen LogP contribution in [0.3, 0.4) is 0 Å². The molecule has 2 rings (SSSR count). The van der Waals surface area contributed by atoms with E-state index in [2.05, 4.69) is 42.0 Å². The maximum absolute atomic E-state index is 5.37. The fraction of sp³-hybridized carbons (Fsp3) is 0.688. The molecule has 112 valence electrons. The standard InChI is InChI=1S/C16H27N3O/c1-12(2)15-11-19(13(3)7-9-17-15)10-14-6-5-8-18-16(14)20-4/h5-6,8,12-13,15,17H,7,9-11H2,1-4H3. The molecule has 0 aromatic carbocycles. The summed E-state index contributed by atoms with van der Waals surface area (Å²) in [5.41, 5.74) is 1.17. The molecule has 1 aliphatic heterocycles. The van der Waals surface area contributed by atoms with E-state index in [0.29, 0.717) is 18.0 Å². The number of hydrogen-bond donors (Lipinski definition) is 1. The maximum atomic E-state index is 5.37. The fourth-order valence-electron chi connectivity index (χ4n) is 2.77. The van der Waals surface area contributed by atoms with Gasteiger partial charge in [-0.2, -0.15) is 0 Å². The molecule has 0 aliphatic carbocycles. The zero-order valence-electron chi connectivity index (χ0n) is 13.1. The molecule has 2 unspecified atom stereocenters. The Labute approximate surface area is 122 Å². The second kappa shape index (κ2) is 7.04. The molecular weight excluding hydrogens is 250 g/mol. The Bertz CT molecular complexity index is 422. The minimum Gasteiger partial charge on any atom is -0.481 e. The molecule has 4 nitrogen and oxygen atoms in total. The summed E-state index contributed by atoms with van der Waals surface area (Å²) in [7, 11) is 1.69. The quantitative estimate of drug-likeness (QED) is 0.916. The van der Waals surface area contributed by atoms with E-state index >= 15 is 0 Å². The number of rotatable bonds is 4. The highest BCUT2D eigenvalue weighted by molar-refractivity contribution is 5.25. The van der Waals surface area contributed by atoms with Gasteiger partial charge in [-0.25, -0.2) is 4.98 Å². The van der Waals surface area contributed by atoms with E-state index in [9.17, 15) is 0 Å². The van der Waals surface area contributed by atoms with Gasteiger partial charge >= 0.3 is 0 Å². The topological polar surface area (TPSA) is 37.4 Å². The third kappa shape index (κ3) is 3.70. The Kier molecular flexibility index (Phi) is 5.38. The van der Waals surface area contributed by atoms with Crippen LogP contribution < -0.4 is 10.1 Å². The average Bonchev–Trinajstić information content (AvgIpc) is 2.62. The van der Waals surface area contributed by atoms with Crippen molar-refractivity contribution in [3.8, 4) is 5.88 Å². The molecule has 0 radical (unpaired) electrons. The molecule has 0 bridgehead atoms. The van der Waals surface area contributed by atoms with Crippen molar-refractivity contribution >= 4 is 0 Å². The highest BCUT2D eigenvalue weighted by Crippen LogP contribution is 2.21. The molecule has 1 aromatic heterocycles. The van der Waals surface area contributed by atoms with E-state index < -0.39 is 0 Å². The molecule has 0 amide bonds. The number of pyridine rings is 1. The first-order chi connectivity index (χ1) is 9.61. The lowest BCUT2D eigenvalue weighted by molar-refractivity contribution is 0.181. The van der Waals surface area contributed by atoms with Crippen molar-refractivity contribution in [3.63, 3.8) is 0 Å². The summed E-state index contributed by atoms with van der Waals surface area (Å²) in [6, 6.07) is 5.23. The van der Waals surface area contributed by atoms with Gasteiger partial charge < -0.3 is 10.1 Å². The number of nitrogens with zero attached hydrogens (tertiary/aromatic N) is 2. The summed E-state index contributed by atoms with van der Waals surface area (Å²) in [6.45, 7) is 9.98. The SMILES string of the molecule is COc1ncccc1CN1CC(C(C)C)NCCC1C. The van der Waals surface area contributed by atoms with Crippen LogP contribution >= 0.6 is 0 Å². The molecule has 4 heteroatoms. The molecule has 1 N–H and O–H groups in total. The average molecular weight is 277 g/mol. The van der Waals surface area contributed by atoms with Crippen molar-refractivity contribution in [3.05, 3.63) is 23.9 Å². The van der Waals surface area contributed by atoms with E-state index in [1.54, 1.807) is 13.3 Å². The minimum atomic E-state index is 0.558. The van der Waals surface area contributed by atoms with Crippen LogP contribution in [-0.2, 0) is 6.54 Å². The van der Waals surface area contributed by atoms with Crippen LogP contribution in [0, 0.1) is 5.92 Å². The van der Waals surface area contributed by atoms with Gasteiger partial charge in [0.15, 0.2) is 0 Å². The lowest BCUT2D eigenvalue weighted by Gasteiger charge is -2.30. The Morgan fingerprint density at radius 1 is 1.50 bits per heavy atom. The van der Waals surface area contributed by atoms with Crippen LogP contribution in [-0.4, -0.2) is 42.2 Å². The molecule has 1 saturated heterocycles. The van der Waals surface area contributed by atoms with Gasteiger partial charge in [0.2, 0.25) is 5.88 Å². The molecule has 0 spiro atoms. The Morgan fingerprint density at radius 3 is 3.00 bits per heavy atom. The normalized spacial score (nSPS) is 24.6. The predicted molar refractivity (Wildman–Crippen MR) is 81.9 cm³/mol. The van der Waals surface area contributed by atoms with E-state index in [1.165, 1.54) is 12.0 Å². The molecule has 2 heterocycles. The maximum Gasteiger partial charge on any atom is 0.217 e. The zero-order valence-corrected chi connectivity index (χ0v) is 13.1. The third-order valence-electron chi connectivity index (χ3n) is 4.24. The smallest absolute Gasteiger partial charge is 0.217 e. The summed E-state index contributed by atoms with van der Waals surface area (Å²) >= 11 is 0. The number of aromatic nitrogens is 1. The van der Waals surface area contributed by atoms with Crippen molar-refractivity contribution in [2.45, 2.75) is 45.8 Å². The number of ether oxygens (including phenoxy) is 1. The van der Waals surface area contributed by atoms with Crippen LogP contribution in [0.25, 0.3) is 0 Å². The minimum absolute atomic E-state index is 0.558. The Hall–Kier alpha value is -1.13. The van der Waals surface area contributed by atoms with Crippen LogP contribution in [0.1, 0.15) is 32.8 Å². The van der Waals surface area contributed by atoms with Crippen LogP contribution in [0.4, 0.5) is 0 Å². The molecule has 20 heavy (non-hydrogen) atoms. The Balaban J connectivity index is 2.12. The van der Waals surface area contributed by atoms with E-state index in [-0.39, 0.29) is 0 Å². The van der Waals surface area contributed by atoms with Gasteiger partial charge in [0.25, 0.3) is 0 Å². The van der Waals surface area contributed by atoms with E-state index in [1.807, 2.05) is 6.07 Å². The van der Waals surface area contributed by atoms with E-state index in [0.717, 1.165) is 25.5 Å². The third-order valence-corrected chi connectivity index (χ3v) is 4.24. The summed E-state index contributed by atoms with van der Waals surface area (Å²) in [4.78, 5) is 6.85. The van der Waals surface area contributed by atoms with Crippen LogP contribution in [0.5, 0.6) is 5.88 Å². The molecule has 0 saturated carbocycles. The zero-order chi connectivity index (χ0) is 14.5. The summed E-state index contributed by atoms with van der Waals surface area (Å²) in [5.74, 6) is 1.40. The molecule has 1 aliphatic rings. The predicted octanol–water partition coefficient (Wildman–Crippen LogP) is 2.30. The van der Waals surface area contributed by atoms with Gasteiger partial charge in [-0.15, -0.1) is 0 Å². The van der Waals surface area contributed by atoms with Gasteiger partial charge in [0, 0.05) is 36.9 Å². The van der Waals surface area contributed by atoms with Crippen molar-refractivity contribution in [1.29, 1.82) is 0 Å². The van der Waals surface area contributed by atoms with Gasteiger partial charge in [0.05, 0.1) is 7.11 Å². The largest absolute Gasteiger partial charge is 0.481 e. The highest BCUT2D eigenvalue weighted by atomic mass is 16.5. The summed E-state index contributed by atoms with van der Waals surface area (Å²) in [5, 5.41) is 3.67. The molecule has 1 fully saturated rings. The Morgan fingerprint density at radius 2 is 2.30 bits per heavy atom. The van der Waals surface area contributed by atoms with Gasteiger partial charge in [0.1, 0.15) is 0 Å². The second-order valence-electron chi connectivity index (χ2n) is 6.04. The van der Waals surface area contributed by atoms with Gasteiger partial charge in [-0.1, -0.05) is 19.9 Å². The first-order valence-electron chi connectivity index (χ1n) is 7.57. The van der Waals surface area contributed by atoms with E-state index in [4.69, 9.17) is 4.74 Å². The first-order valence-corrected chi connectivity index (χ1v) is 7.57. The lowest BCUT2D eigenvalue weighted by atomic mass is 10.0. The first kappa shape index (κ1) is 15.3. The number of hydrogen-bond acceptors (Lipinski definition) is 4. The summed E-state index contributed by atoms with van der Waals surface area (Å²) in [6.07, 6.45) is 2.97. The molecule has 1 aromatic rings. The monoisotopic (exact) mass is 277 g/mol. The highest BCUT2D eigenvalue weighted by Gasteiger charge is 2.25. The summed E-state index contributed by atoms with van der Waals surface area (Å²) < 4.78 is 5.37. The van der Waals surface area contributed by atoms with Crippen molar-refractivity contribution in [2.75, 3.05) is 20.2 Å². The van der Waals surface area contributed by atoms with Crippen LogP contribution in [0.15, 0.2) is 18.3 Å². The van der Waals surface area contributed by atoms with Crippen molar-refractivity contribution in [1.82, 2.24) is 15.2 Å². The lowest BCUT2D eigenvalue weighted by Crippen LogP contribution is -2.42. The van der Waals surface area contributed by atoms with Gasteiger partial charge in [-0.3, -0.25) is 4.90 Å². The van der Waals surface area contributed by atoms with Crippen LogP contribution in [0.2, 0.25) is 0 Å². The number of methoxy groups -OCH3 is 1. The number of nitrogens with one attached hydrogen (secondary N) is 1. The molecular formula is C16H27N3O. The second-order valence-corrected chi connectivity index (χ2v) is 6.04. The fourth-order valence-corrected chi connectivity index (χ4v) is 2.77. The van der Waals surface area contributed by atoms with Gasteiger partial charge in [-0.05, 0) is 31.9 Å². The molecule has 2 atom stereocenters. The van der Waals surface area contributed by atoms with Crippen molar-refractivity contribution < 1.29 is 4.74 Å².